The highest BCUT2D eigenvalue weighted by molar-refractivity contribution is 5.95. The molecule has 1 aromatic carbocycles. The van der Waals surface area contributed by atoms with E-state index in [2.05, 4.69) is 13.0 Å². The van der Waals surface area contributed by atoms with Crippen molar-refractivity contribution in [2.75, 3.05) is 19.9 Å². The van der Waals surface area contributed by atoms with Crippen molar-refractivity contribution in [2.24, 2.45) is 11.8 Å². The average Bonchev–Trinajstić information content (AvgIpc) is 3.11. The zero-order valence-corrected chi connectivity index (χ0v) is 12.2. The molecule has 0 bridgehead atoms. The summed E-state index contributed by atoms with van der Waals surface area (Å²) in [7, 11) is 0. The molecule has 0 N–H and O–H groups in total. The van der Waals surface area contributed by atoms with Crippen LogP contribution in [0.25, 0.3) is 0 Å². The lowest BCUT2D eigenvalue weighted by atomic mass is 9.83. The number of carbonyl (C=O) groups is 1. The Kier molecular flexibility index (Phi) is 2.91. The van der Waals surface area contributed by atoms with Gasteiger partial charge in [0.25, 0.3) is 5.91 Å². The largest absolute Gasteiger partial charge is 0.454 e. The lowest BCUT2D eigenvalue weighted by molar-refractivity contribution is 0.0783. The maximum Gasteiger partial charge on any atom is 0.254 e. The number of allylic oxidation sites excluding steroid dienone is 2. The van der Waals surface area contributed by atoms with Gasteiger partial charge in [0.2, 0.25) is 6.79 Å². The summed E-state index contributed by atoms with van der Waals surface area (Å²) < 4.78 is 10.7. The third kappa shape index (κ3) is 2.19. The van der Waals surface area contributed by atoms with Gasteiger partial charge in [-0.15, -0.1) is 0 Å². The molecule has 0 unspecified atom stereocenters. The first-order valence-corrected chi connectivity index (χ1v) is 7.55. The average molecular weight is 285 g/mol. The summed E-state index contributed by atoms with van der Waals surface area (Å²) in [5, 5.41) is 0. The Bertz CT molecular complexity index is 622. The van der Waals surface area contributed by atoms with Crippen LogP contribution in [-0.4, -0.2) is 30.7 Å². The number of fused-ring (bicyclic) bond motifs is 2. The second-order valence-corrected chi connectivity index (χ2v) is 6.29. The molecule has 1 aromatic rings. The number of likely N-dealkylation sites (tertiary alicyclic amines) is 1. The summed E-state index contributed by atoms with van der Waals surface area (Å²) in [4.78, 5) is 14.7. The van der Waals surface area contributed by atoms with E-state index in [9.17, 15) is 4.79 Å². The molecule has 0 radical (unpaired) electrons. The van der Waals surface area contributed by atoms with Crippen LogP contribution in [0.3, 0.4) is 0 Å². The number of hydrogen-bond donors (Lipinski definition) is 0. The number of hydrogen-bond acceptors (Lipinski definition) is 3. The predicted molar refractivity (Wildman–Crippen MR) is 78.4 cm³/mol. The van der Waals surface area contributed by atoms with Crippen LogP contribution in [0.5, 0.6) is 11.5 Å². The Labute approximate surface area is 124 Å². The molecule has 0 spiro atoms. The molecule has 21 heavy (non-hydrogen) atoms. The molecular weight excluding hydrogens is 266 g/mol. The molecule has 2 aliphatic heterocycles. The molecular formula is C17H19NO3. The maximum atomic E-state index is 12.7. The van der Waals surface area contributed by atoms with Gasteiger partial charge in [-0.2, -0.15) is 0 Å². The number of rotatable bonds is 1. The fraction of sp³-hybridized carbons (Fsp3) is 0.471. The number of ether oxygens (including phenoxy) is 2. The molecule has 4 rings (SSSR count). The smallest absolute Gasteiger partial charge is 0.254 e. The summed E-state index contributed by atoms with van der Waals surface area (Å²) in [6.07, 6.45) is 4.58. The first-order valence-electron chi connectivity index (χ1n) is 7.55. The summed E-state index contributed by atoms with van der Waals surface area (Å²) in [5.74, 6) is 2.77. The van der Waals surface area contributed by atoms with Crippen molar-refractivity contribution >= 4 is 5.91 Å². The summed E-state index contributed by atoms with van der Waals surface area (Å²) in [6, 6.07) is 5.46. The van der Waals surface area contributed by atoms with E-state index in [-0.39, 0.29) is 12.7 Å². The van der Waals surface area contributed by atoms with Crippen LogP contribution >= 0.6 is 0 Å². The monoisotopic (exact) mass is 285 g/mol. The van der Waals surface area contributed by atoms with Crippen LogP contribution in [-0.2, 0) is 0 Å². The molecule has 110 valence electrons. The van der Waals surface area contributed by atoms with Gasteiger partial charge in [0.1, 0.15) is 0 Å². The van der Waals surface area contributed by atoms with Crippen molar-refractivity contribution in [2.45, 2.75) is 19.8 Å². The first-order chi connectivity index (χ1) is 10.2. The molecule has 3 aliphatic rings. The Morgan fingerprint density at radius 1 is 1.19 bits per heavy atom. The van der Waals surface area contributed by atoms with Gasteiger partial charge >= 0.3 is 0 Å². The summed E-state index contributed by atoms with van der Waals surface area (Å²) in [6.45, 7) is 4.19. The van der Waals surface area contributed by atoms with Gasteiger partial charge in [-0.05, 0) is 49.8 Å². The fourth-order valence-electron chi connectivity index (χ4n) is 3.66. The number of benzene rings is 1. The van der Waals surface area contributed by atoms with Gasteiger partial charge in [-0.1, -0.05) is 11.6 Å². The number of carbonyl (C=O) groups excluding carboxylic acids is 1. The van der Waals surface area contributed by atoms with Crippen LogP contribution in [0.1, 0.15) is 30.1 Å². The highest BCUT2D eigenvalue weighted by atomic mass is 16.7. The van der Waals surface area contributed by atoms with E-state index in [1.54, 1.807) is 6.07 Å². The molecule has 1 aliphatic carbocycles. The summed E-state index contributed by atoms with van der Waals surface area (Å²) in [5.41, 5.74) is 2.16. The van der Waals surface area contributed by atoms with Gasteiger partial charge in [0.15, 0.2) is 11.5 Å². The third-order valence-electron chi connectivity index (χ3n) is 4.84. The highest BCUT2D eigenvalue weighted by Crippen LogP contribution is 2.37. The van der Waals surface area contributed by atoms with Crippen molar-refractivity contribution < 1.29 is 14.3 Å². The predicted octanol–water partition coefficient (Wildman–Crippen LogP) is 2.84. The van der Waals surface area contributed by atoms with E-state index < -0.39 is 0 Å². The van der Waals surface area contributed by atoms with Crippen LogP contribution in [0, 0.1) is 11.8 Å². The standard InChI is InChI=1S/C17H19NO3/c1-11-2-3-13-8-18(9-14(13)6-11)17(19)12-4-5-15-16(7-12)21-10-20-15/h2,4-5,7,13-14H,3,6,8-10H2,1H3/t13-,14+/m1/s1. The lowest BCUT2D eigenvalue weighted by Gasteiger charge is -2.21. The zero-order valence-electron chi connectivity index (χ0n) is 12.2. The molecule has 1 fully saturated rings. The Morgan fingerprint density at radius 3 is 2.90 bits per heavy atom. The summed E-state index contributed by atoms with van der Waals surface area (Å²) >= 11 is 0. The number of nitrogens with zero attached hydrogens (tertiary/aromatic N) is 1. The molecule has 1 amide bonds. The van der Waals surface area contributed by atoms with Gasteiger partial charge in [0, 0.05) is 18.7 Å². The maximum absolute atomic E-state index is 12.7. The van der Waals surface area contributed by atoms with E-state index in [0.29, 0.717) is 23.1 Å². The topological polar surface area (TPSA) is 38.8 Å². The Balaban J connectivity index is 1.51. The van der Waals surface area contributed by atoms with Gasteiger partial charge in [-0.25, -0.2) is 0 Å². The van der Waals surface area contributed by atoms with Gasteiger partial charge in [0.05, 0.1) is 0 Å². The molecule has 0 aromatic heterocycles. The van der Waals surface area contributed by atoms with Crippen molar-refractivity contribution in [3.63, 3.8) is 0 Å². The fourth-order valence-corrected chi connectivity index (χ4v) is 3.66. The van der Waals surface area contributed by atoms with Gasteiger partial charge < -0.3 is 14.4 Å². The molecule has 4 nitrogen and oxygen atoms in total. The molecule has 0 saturated carbocycles. The minimum absolute atomic E-state index is 0.111. The van der Waals surface area contributed by atoms with Crippen LogP contribution < -0.4 is 9.47 Å². The van der Waals surface area contributed by atoms with Crippen LogP contribution in [0.2, 0.25) is 0 Å². The van der Waals surface area contributed by atoms with Gasteiger partial charge in [-0.3, -0.25) is 4.79 Å². The van der Waals surface area contributed by atoms with E-state index >= 15 is 0 Å². The second kappa shape index (κ2) is 4.79. The van der Waals surface area contributed by atoms with E-state index in [4.69, 9.17) is 9.47 Å². The first kappa shape index (κ1) is 12.7. The van der Waals surface area contributed by atoms with E-state index in [0.717, 1.165) is 31.7 Å². The van der Waals surface area contributed by atoms with Crippen LogP contribution in [0.4, 0.5) is 0 Å². The Hall–Kier alpha value is -1.97. The number of amides is 1. The van der Waals surface area contributed by atoms with E-state index in [1.807, 2.05) is 17.0 Å². The molecule has 1 saturated heterocycles. The minimum Gasteiger partial charge on any atom is -0.454 e. The Morgan fingerprint density at radius 2 is 2.00 bits per heavy atom. The molecule has 2 atom stereocenters. The quantitative estimate of drug-likeness (QED) is 0.745. The normalized spacial score (nSPS) is 26.5. The molecule has 2 heterocycles. The van der Waals surface area contributed by atoms with Crippen LogP contribution in [0.15, 0.2) is 29.8 Å². The zero-order chi connectivity index (χ0) is 14.4. The highest BCUT2D eigenvalue weighted by Gasteiger charge is 2.36. The van der Waals surface area contributed by atoms with Crippen molar-refractivity contribution in [1.29, 1.82) is 0 Å². The van der Waals surface area contributed by atoms with Crippen molar-refractivity contribution in [3.05, 3.63) is 35.4 Å². The second-order valence-electron chi connectivity index (χ2n) is 6.29. The molecule has 4 heteroatoms. The van der Waals surface area contributed by atoms with Crippen molar-refractivity contribution in [3.8, 4) is 11.5 Å². The van der Waals surface area contributed by atoms with Crippen molar-refractivity contribution in [1.82, 2.24) is 4.90 Å². The minimum atomic E-state index is 0.111. The third-order valence-corrected chi connectivity index (χ3v) is 4.84. The lowest BCUT2D eigenvalue weighted by Crippen LogP contribution is -2.28. The SMILES string of the molecule is CC1=CC[C@@H]2CN(C(=O)c3ccc4c(c3)OCO4)C[C@@H]2C1. The van der Waals surface area contributed by atoms with E-state index in [1.165, 1.54) is 5.57 Å².